The van der Waals surface area contributed by atoms with Crippen LogP contribution in [0.2, 0.25) is 0 Å². The molecule has 0 bridgehead atoms. The first kappa shape index (κ1) is 11.1. The highest BCUT2D eigenvalue weighted by molar-refractivity contribution is 7.82. The maximum absolute atomic E-state index is 11.6. The summed E-state index contributed by atoms with van der Waals surface area (Å²) in [5.41, 5.74) is 0.582. The Labute approximate surface area is 104 Å². The summed E-state index contributed by atoms with van der Waals surface area (Å²) in [5.74, 6) is 0. The fourth-order valence-electron chi connectivity index (χ4n) is 2.15. The number of benzene rings is 2. The van der Waals surface area contributed by atoms with Gasteiger partial charge in [-0.05, 0) is 12.1 Å². The second-order valence-electron chi connectivity index (χ2n) is 4.07. The van der Waals surface area contributed by atoms with Crippen molar-refractivity contribution in [3.05, 3.63) is 54.7 Å². The average molecular weight is 259 g/mol. The fraction of sp³-hybridized carbons (Fsp3) is 0. The lowest BCUT2D eigenvalue weighted by Gasteiger charge is -2.02. The van der Waals surface area contributed by atoms with Crippen molar-refractivity contribution in [2.75, 3.05) is 0 Å². The van der Waals surface area contributed by atoms with Crippen molar-refractivity contribution >= 4 is 31.9 Å². The van der Waals surface area contributed by atoms with E-state index in [1.807, 2.05) is 36.4 Å². The molecular weight excluding hydrogens is 248 g/mol. The molecule has 0 fully saturated rings. The molecule has 90 valence electrons. The molecule has 3 aromatic rings. The smallest absolute Gasteiger partial charge is 0.172 e. The maximum atomic E-state index is 11.6. The minimum Gasteiger partial charge on any atom is -0.172 e. The molecule has 18 heavy (non-hydrogen) atoms. The molecule has 4 nitrogen and oxygen atoms in total. The number of nitrogens with two attached hydrogens (primary N) is 1. The van der Waals surface area contributed by atoms with Gasteiger partial charge in [-0.25, -0.2) is 0 Å². The molecule has 0 amide bonds. The topological polar surface area (TPSA) is 64.0 Å². The van der Waals surface area contributed by atoms with Gasteiger partial charge in [-0.2, -0.15) is 5.14 Å². The first-order chi connectivity index (χ1) is 8.57. The van der Waals surface area contributed by atoms with E-state index in [4.69, 9.17) is 5.14 Å². The molecule has 0 saturated heterocycles. The highest BCUT2D eigenvalue weighted by atomic mass is 32.2. The van der Waals surface area contributed by atoms with Crippen LogP contribution >= 0.6 is 0 Å². The Morgan fingerprint density at radius 1 is 0.889 bits per heavy atom. The van der Waals surface area contributed by atoms with Gasteiger partial charge in [-0.15, -0.1) is 8.42 Å². The van der Waals surface area contributed by atoms with Crippen LogP contribution in [-0.4, -0.2) is 8.42 Å². The highest BCUT2D eigenvalue weighted by Gasteiger charge is 2.21. The normalized spacial score (nSPS) is 12.1. The van der Waals surface area contributed by atoms with Crippen LogP contribution in [-0.2, 0) is 10.2 Å². The molecular formula is C13H11N2O2S+. The van der Waals surface area contributed by atoms with Gasteiger partial charge in [0.1, 0.15) is 0 Å². The average Bonchev–Trinajstić information content (AvgIpc) is 2.37. The maximum Gasteiger partial charge on any atom is 0.442 e. The number of nitrogens with zero attached hydrogens (tertiary/aromatic N) is 1. The van der Waals surface area contributed by atoms with Gasteiger partial charge in [-0.1, -0.05) is 34.3 Å². The molecule has 0 atom stereocenters. The summed E-state index contributed by atoms with van der Waals surface area (Å²) >= 11 is 0. The van der Waals surface area contributed by atoms with Gasteiger partial charge in [0.2, 0.25) is 5.52 Å². The Hall–Kier alpha value is -1.98. The van der Waals surface area contributed by atoms with Crippen molar-refractivity contribution in [1.29, 1.82) is 0 Å². The van der Waals surface area contributed by atoms with E-state index in [0.717, 1.165) is 20.1 Å². The molecule has 1 aromatic heterocycles. The third-order valence-corrected chi connectivity index (χ3v) is 3.77. The lowest BCUT2D eigenvalue weighted by molar-refractivity contribution is -0.479. The number of hydrogen-bond acceptors (Lipinski definition) is 2. The summed E-state index contributed by atoms with van der Waals surface area (Å²) in [6.45, 7) is 0. The zero-order valence-corrected chi connectivity index (χ0v) is 10.3. The molecule has 0 saturated carbocycles. The van der Waals surface area contributed by atoms with E-state index in [2.05, 4.69) is 0 Å². The van der Waals surface area contributed by atoms with Gasteiger partial charge in [-0.3, -0.25) is 0 Å². The SMILES string of the molecule is NS(=O)(=O)[n+]1cc2ccccc2c2ccccc21. The van der Waals surface area contributed by atoms with Crippen molar-refractivity contribution in [2.24, 2.45) is 5.14 Å². The molecule has 0 radical (unpaired) electrons. The van der Waals surface area contributed by atoms with E-state index in [1.165, 1.54) is 0 Å². The van der Waals surface area contributed by atoms with Crippen molar-refractivity contribution in [3.8, 4) is 0 Å². The summed E-state index contributed by atoms with van der Waals surface area (Å²) in [6.07, 6.45) is 1.55. The molecule has 0 spiro atoms. The van der Waals surface area contributed by atoms with Gasteiger partial charge >= 0.3 is 10.2 Å². The summed E-state index contributed by atoms with van der Waals surface area (Å²) in [7, 11) is -3.80. The second-order valence-corrected chi connectivity index (χ2v) is 5.50. The Morgan fingerprint density at radius 3 is 2.22 bits per heavy atom. The minimum absolute atomic E-state index is 0.582. The molecule has 2 N–H and O–H groups in total. The Bertz CT molecular complexity index is 857. The lowest BCUT2D eigenvalue weighted by Crippen LogP contribution is -2.48. The van der Waals surface area contributed by atoms with Crippen LogP contribution < -0.4 is 9.11 Å². The first-order valence-corrected chi connectivity index (χ1v) is 6.93. The number of hydrogen-bond donors (Lipinski definition) is 1. The number of para-hydroxylation sites is 1. The van der Waals surface area contributed by atoms with E-state index in [0.29, 0.717) is 5.52 Å². The Morgan fingerprint density at radius 2 is 1.50 bits per heavy atom. The van der Waals surface area contributed by atoms with Crippen molar-refractivity contribution in [3.63, 3.8) is 0 Å². The molecule has 1 heterocycles. The van der Waals surface area contributed by atoms with Gasteiger partial charge in [0.05, 0.1) is 5.39 Å². The van der Waals surface area contributed by atoms with Gasteiger partial charge in [0, 0.05) is 16.8 Å². The fourth-order valence-corrected chi connectivity index (χ4v) is 2.85. The molecule has 0 aliphatic rings. The van der Waals surface area contributed by atoms with Crippen molar-refractivity contribution < 1.29 is 12.4 Å². The van der Waals surface area contributed by atoms with Crippen LogP contribution in [0.15, 0.2) is 54.7 Å². The van der Waals surface area contributed by atoms with Crippen LogP contribution in [0.25, 0.3) is 21.7 Å². The summed E-state index contributed by atoms with van der Waals surface area (Å²) in [6, 6.07) is 14.9. The Kier molecular flexibility index (Phi) is 2.33. The number of pyridine rings is 1. The lowest BCUT2D eigenvalue weighted by atomic mass is 10.1. The summed E-state index contributed by atoms with van der Waals surface area (Å²) < 4.78 is 24.4. The van der Waals surface area contributed by atoms with Gasteiger partial charge < -0.3 is 0 Å². The summed E-state index contributed by atoms with van der Waals surface area (Å²) in [4.78, 5) is 0. The zero-order valence-electron chi connectivity index (χ0n) is 9.45. The molecule has 0 aliphatic carbocycles. The molecule has 3 rings (SSSR count). The second kappa shape index (κ2) is 3.76. The largest absolute Gasteiger partial charge is 0.442 e. The number of aromatic nitrogens is 1. The van der Waals surface area contributed by atoms with E-state index in [9.17, 15) is 8.42 Å². The van der Waals surface area contributed by atoms with Crippen LogP contribution in [0.4, 0.5) is 0 Å². The Balaban J connectivity index is 2.63. The summed E-state index contributed by atoms with van der Waals surface area (Å²) in [5, 5.41) is 7.96. The molecule has 0 aliphatic heterocycles. The van der Waals surface area contributed by atoms with Crippen molar-refractivity contribution in [1.82, 2.24) is 0 Å². The van der Waals surface area contributed by atoms with E-state index >= 15 is 0 Å². The quantitative estimate of drug-likeness (QED) is 0.529. The molecule has 0 unspecified atom stereocenters. The predicted octanol–water partition coefficient (Wildman–Crippen LogP) is 1.33. The molecule has 5 heteroatoms. The van der Waals surface area contributed by atoms with Crippen LogP contribution in [0.3, 0.4) is 0 Å². The van der Waals surface area contributed by atoms with Crippen LogP contribution in [0.1, 0.15) is 0 Å². The standard InChI is InChI=1S/C13H11N2O2S/c14-18(16,17)15-9-10-5-1-2-6-11(10)12-7-3-4-8-13(12)15/h1-9H,(H2,14,16,17)/q+1. The third kappa shape index (κ3) is 1.64. The third-order valence-electron chi connectivity index (χ3n) is 2.92. The van der Waals surface area contributed by atoms with E-state index in [1.54, 1.807) is 18.3 Å². The van der Waals surface area contributed by atoms with Crippen LogP contribution in [0, 0.1) is 0 Å². The monoisotopic (exact) mass is 259 g/mol. The zero-order chi connectivity index (χ0) is 12.8. The predicted molar refractivity (Wildman–Crippen MR) is 70.2 cm³/mol. The van der Waals surface area contributed by atoms with Gasteiger partial charge in [0.15, 0.2) is 6.20 Å². The molecule has 2 aromatic carbocycles. The minimum atomic E-state index is -3.80. The number of fused-ring (bicyclic) bond motifs is 3. The van der Waals surface area contributed by atoms with Crippen LogP contribution in [0.5, 0.6) is 0 Å². The van der Waals surface area contributed by atoms with Crippen molar-refractivity contribution in [2.45, 2.75) is 0 Å². The number of rotatable bonds is 1. The first-order valence-electron chi connectivity index (χ1n) is 5.43. The van der Waals surface area contributed by atoms with E-state index in [-0.39, 0.29) is 0 Å². The van der Waals surface area contributed by atoms with E-state index < -0.39 is 10.2 Å². The van der Waals surface area contributed by atoms with Gasteiger partial charge in [0.25, 0.3) is 0 Å². The highest BCUT2D eigenvalue weighted by Crippen LogP contribution is 2.21.